The lowest BCUT2D eigenvalue weighted by Gasteiger charge is -2.17. The van der Waals surface area contributed by atoms with Crippen molar-refractivity contribution in [2.45, 2.75) is 26.4 Å². The summed E-state index contributed by atoms with van der Waals surface area (Å²) in [6, 6.07) is 9.85. The lowest BCUT2D eigenvalue weighted by atomic mass is 9.95. The Balaban J connectivity index is 2.41. The van der Waals surface area contributed by atoms with Crippen LogP contribution in [0.15, 0.2) is 36.4 Å². The molecule has 3 nitrogen and oxygen atoms in total. The highest BCUT2D eigenvalue weighted by Gasteiger charge is 2.19. The van der Waals surface area contributed by atoms with E-state index in [9.17, 15) is 9.50 Å². The van der Waals surface area contributed by atoms with Gasteiger partial charge in [-0.3, -0.25) is 0 Å². The molecule has 0 aliphatic heterocycles. The Morgan fingerprint density at radius 1 is 1.18 bits per heavy atom. The van der Waals surface area contributed by atoms with E-state index in [0.717, 1.165) is 27.9 Å². The molecule has 0 aliphatic rings. The van der Waals surface area contributed by atoms with Crippen LogP contribution in [0.4, 0.5) is 4.39 Å². The van der Waals surface area contributed by atoms with Crippen molar-refractivity contribution in [1.29, 1.82) is 0 Å². The Bertz CT molecular complexity index is 825. The molecule has 0 unspecified atom stereocenters. The molecule has 22 heavy (non-hydrogen) atoms. The van der Waals surface area contributed by atoms with E-state index in [0.29, 0.717) is 5.15 Å². The first-order valence-corrected chi connectivity index (χ1v) is 7.47. The summed E-state index contributed by atoms with van der Waals surface area (Å²) in [5.74, 6) is -0.166. The SMILES string of the molecule is CC(C)c1nn2c(Cl)ccc2c(-c2ccc(F)cc2)c1CO. The van der Waals surface area contributed by atoms with E-state index in [4.69, 9.17) is 11.6 Å². The summed E-state index contributed by atoms with van der Waals surface area (Å²) in [6.07, 6.45) is 0. The lowest BCUT2D eigenvalue weighted by molar-refractivity contribution is 0.279. The van der Waals surface area contributed by atoms with Gasteiger partial charge in [-0.1, -0.05) is 37.6 Å². The normalized spacial score (nSPS) is 11.5. The number of fused-ring (bicyclic) bond motifs is 1. The van der Waals surface area contributed by atoms with E-state index in [1.807, 2.05) is 19.9 Å². The van der Waals surface area contributed by atoms with Crippen LogP contribution < -0.4 is 0 Å². The zero-order valence-electron chi connectivity index (χ0n) is 12.3. The first-order chi connectivity index (χ1) is 10.5. The largest absolute Gasteiger partial charge is 0.392 e. The average Bonchev–Trinajstić information content (AvgIpc) is 2.87. The van der Waals surface area contributed by atoms with Crippen LogP contribution in [-0.2, 0) is 6.61 Å². The number of rotatable bonds is 3. The van der Waals surface area contributed by atoms with E-state index in [1.54, 1.807) is 22.7 Å². The molecule has 1 aromatic carbocycles. The summed E-state index contributed by atoms with van der Waals surface area (Å²) >= 11 is 6.21. The Morgan fingerprint density at radius 2 is 1.86 bits per heavy atom. The molecule has 5 heteroatoms. The van der Waals surface area contributed by atoms with Crippen LogP contribution in [-0.4, -0.2) is 14.7 Å². The van der Waals surface area contributed by atoms with E-state index in [-0.39, 0.29) is 18.3 Å². The van der Waals surface area contributed by atoms with Crippen LogP contribution in [0, 0.1) is 5.82 Å². The zero-order chi connectivity index (χ0) is 15.9. The van der Waals surface area contributed by atoms with Crippen LogP contribution >= 0.6 is 11.6 Å². The molecule has 0 saturated heterocycles. The van der Waals surface area contributed by atoms with E-state index in [1.165, 1.54) is 12.1 Å². The highest BCUT2D eigenvalue weighted by molar-refractivity contribution is 6.30. The summed E-state index contributed by atoms with van der Waals surface area (Å²) in [7, 11) is 0. The Morgan fingerprint density at radius 3 is 2.45 bits per heavy atom. The highest BCUT2D eigenvalue weighted by atomic mass is 35.5. The third-order valence-corrected chi connectivity index (χ3v) is 4.01. The predicted molar refractivity (Wildman–Crippen MR) is 85.6 cm³/mol. The smallest absolute Gasteiger partial charge is 0.131 e. The van der Waals surface area contributed by atoms with Crippen molar-refractivity contribution in [1.82, 2.24) is 9.61 Å². The first kappa shape index (κ1) is 15.0. The van der Waals surface area contributed by atoms with Gasteiger partial charge in [0, 0.05) is 11.1 Å². The Kier molecular flexibility index (Phi) is 3.89. The molecule has 0 bridgehead atoms. The molecule has 2 heterocycles. The first-order valence-electron chi connectivity index (χ1n) is 7.09. The summed E-state index contributed by atoms with van der Waals surface area (Å²) in [4.78, 5) is 0. The third-order valence-electron chi connectivity index (χ3n) is 3.72. The molecule has 0 amide bonds. The van der Waals surface area contributed by atoms with Crippen molar-refractivity contribution in [3.05, 3.63) is 58.6 Å². The monoisotopic (exact) mass is 318 g/mol. The molecule has 1 N–H and O–H groups in total. The number of nitrogens with zero attached hydrogens (tertiary/aromatic N) is 2. The molecular weight excluding hydrogens is 303 g/mol. The van der Waals surface area contributed by atoms with Gasteiger partial charge in [0.2, 0.25) is 0 Å². The number of hydrogen-bond donors (Lipinski definition) is 1. The highest BCUT2D eigenvalue weighted by Crippen LogP contribution is 2.34. The van der Waals surface area contributed by atoms with Crippen molar-refractivity contribution in [2.75, 3.05) is 0 Å². The molecule has 0 saturated carbocycles. The maximum atomic E-state index is 13.2. The number of halogens is 2. The van der Waals surface area contributed by atoms with Crippen LogP contribution in [0.5, 0.6) is 0 Å². The molecular formula is C17H16ClFN2O. The predicted octanol–water partition coefficient (Wildman–Crippen LogP) is 4.41. The van der Waals surface area contributed by atoms with Crippen molar-refractivity contribution in [3.8, 4) is 11.1 Å². The zero-order valence-corrected chi connectivity index (χ0v) is 13.1. The topological polar surface area (TPSA) is 37.5 Å². The Labute approximate surface area is 133 Å². The van der Waals surface area contributed by atoms with Gasteiger partial charge in [0.25, 0.3) is 0 Å². The second kappa shape index (κ2) is 5.71. The van der Waals surface area contributed by atoms with Crippen LogP contribution in [0.25, 0.3) is 16.6 Å². The molecule has 0 aliphatic carbocycles. The maximum absolute atomic E-state index is 13.2. The lowest BCUT2D eigenvalue weighted by Crippen LogP contribution is -2.08. The molecule has 0 atom stereocenters. The number of aromatic nitrogens is 2. The minimum Gasteiger partial charge on any atom is -0.392 e. The number of hydrogen-bond acceptors (Lipinski definition) is 2. The van der Waals surface area contributed by atoms with Crippen molar-refractivity contribution >= 4 is 17.1 Å². The molecule has 0 radical (unpaired) electrons. The molecule has 0 fully saturated rings. The van der Waals surface area contributed by atoms with E-state index >= 15 is 0 Å². The summed E-state index contributed by atoms with van der Waals surface area (Å²) in [5.41, 5.74) is 4.00. The quantitative estimate of drug-likeness (QED) is 0.776. The minimum atomic E-state index is -0.295. The third kappa shape index (κ3) is 2.38. The fourth-order valence-corrected chi connectivity index (χ4v) is 2.90. The standard InChI is InChI=1S/C17H16ClFN2O/c1-10(2)17-13(9-22)16(11-3-5-12(19)6-4-11)14-7-8-15(18)21(14)20-17/h3-8,10,22H,9H2,1-2H3. The molecule has 0 spiro atoms. The Hall–Kier alpha value is -1.91. The van der Waals surface area contributed by atoms with Gasteiger partial charge in [0.15, 0.2) is 0 Å². The van der Waals surface area contributed by atoms with Gasteiger partial charge in [0.05, 0.1) is 17.8 Å². The molecule has 114 valence electrons. The van der Waals surface area contributed by atoms with Crippen molar-refractivity contribution in [2.24, 2.45) is 0 Å². The van der Waals surface area contributed by atoms with Gasteiger partial charge < -0.3 is 5.11 Å². The van der Waals surface area contributed by atoms with E-state index in [2.05, 4.69) is 5.10 Å². The van der Waals surface area contributed by atoms with Crippen LogP contribution in [0.1, 0.15) is 31.0 Å². The summed E-state index contributed by atoms with van der Waals surface area (Å²) in [5, 5.41) is 14.9. The summed E-state index contributed by atoms with van der Waals surface area (Å²) < 4.78 is 14.9. The fraction of sp³-hybridized carbons (Fsp3) is 0.235. The van der Waals surface area contributed by atoms with Crippen LogP contribution in [0.3, 0.4) is 0 Å². The van der Waals surface area contributed by atoms with Gasteiger partial charge in [-0.2, -0.15) is 5.10 Å². The second-order valence-corrected chi connectivity index (χ2v) is 5.90. The van der Waals surface area contributed by atoms with Crippen molar-refractivity contribution in [3.63, 3.8) is 0 Å². The number of aliphatic hydroxyl groups is 1. The molecule has 3 aromatic rings. The van der Waals surface area contributed by atoms with E-state index < -0.39 is 0 Å². The van der Waals surface area contributed by atoms with Gasteiger partial charge >= 0.3 is 0 Å². The number of benzene rings is 1. The van der Waals surface area contributed by atoms with Gasteiger partial charge in [-0.05, 0) is 35.7 Å². The molecule has 3 rings (SSSR count). The van der Waals surface area contributed by atoms with Gasteiger partial charge in [0.1, 0.15) is 11.0 Å². The fourth-order valence-electron chi connectivity index (χ4n) is 2.71. The average molecular weight is 319 g/mol. The van der Waals surface area contributed by atoms with Gasteiger partial charge in [-0.15, -0.1) is 0 Å². The maximum Gasteiger partial charge on any atom is 0.131 e. The minimum absolute atomic E-state index is 0.129. The molecule has 2 aromatic heterocycles. The van der Waals surface area contributed by atoms with Gasteiger partial charge in [-0.25, -0.2) is 8.91 Å². The number of aliphatic hydroxyl groups excluding tert-OH is 1. The van der Waals surface area contributed by atoms with Crippen LogP contribution in [0.2, 0.25) is 5.15 Å². The van der Waals surface area contributed by atoms with Crippen molar-refractivity contribution < 1.29 is 9.50 Å². The second-order valence-electron chi connectivity index (χ2n) is 5.51. The summed E-state index contributed by atoms with van der Waals surface area (Å²) in [6.45, 7) is 3.89.